The second-order valence-electron chi connectivity index (χ2n) is 5.86. The summed E-state index contributed by atoms with van der Waals surface area (Å²) in [5.74, 6) is 0.969. The first-order valence-electron chi connectivity index (χ1n) is 7.75. The Morgan fingerprint density at radius 2 is 2.00 bits per heavy atom. The molecule has 112 valence electrons. The van der Waals surface area contributed by atoms with E-state index < -0.39 is 0 Å². The van der Waals surface area contributed by atoms with E-state index in [4.69, 9.17) is 4.74 Å². The fourth-order valence-corrected chi connectivity index (χ4v) is 2.86. The van der Waals surface area contributed by atoms with E-state index in [2.05, 4.69) is 53.7 Å². The lowest BCUT2D eigenvalue weighted by molar-refractivity contribution is 0.321. The number of nitrogens with zero attached hydrogens (tertiary/aromatic N) is 1. The summed E-state index contributed by atoms with van der Waals surface area (Å²) in [6.45, 7) is 2.97. The Balaban J connectivity index is 1.66. The van der Waals surface area contributed by atoms with E-state index in [1.807, 2.05) is 0 Å². The topological polar surface area (TPSA) is 24.5 Å². The van der Waals surface area contributed by atoms with Gasteiger partial charge >= 0.3 is 0 Å². The number of hydrogen-bond acceptors (Lipinski definition) is 3. The molecule has 0 saturated heterocycles. The number of rotatable bonds is 7. The Kier molecular flexibility index (Phi) is 4.42. The minimum Gasteiger partial charge on any atom is -0.496 e. The molecule has 2 aromatic rings. The maximum atomic E-state index is 5.53. The monoisotopic (exact) mass is 284 g/mol. The fraction of sp³-hybridized carbons (Fsp3) is 0.444. The molecule has 1 fully saturated rings. The van der Waals surface area contributed by atoms with Gasteiger partial charge in [-0.2, -0.15) is 0 Å². The first kappa shape index (κ1) is 14.4. The van der Waals surface area contributed by atoms with Crippen molar-refractivity contribution >= 4 is 10.8 Å². The second-order valence-corrected chi connectivity index (χ2v) is 5.86. The molecule has 3 nitrogen and oxygen atoms in total. The summed E-state index contributed by atoms with van der Waals surface area (Å²) in [6.07, 6.45) is 2.74. The summed E-state index contributed by atoms with van der Waals surface area (Å²) in [4.78, 5) is 2.45. The molecule has 3 rings (SSSR count). The van der Waals surface area contributed by atoms with E-state index in [0.29, 0.717) is 0 Å². The number of benzene rings is 2. The molecule has 1 N–H and O–H groups in total. The molecule has 0 unspecified atom stereocenters. The Labute approximate surface area is 126 Å². The highest BCUT2D eigenvalue weighted by molar-refractivity contribution is 5.87. The van der Waals surface area contributed by atoms with E-state index in [9.17, 15) is 0 Å². The maximum absolute atomic E-state index is 5.53. The lowest BCUT2D eigenvalue weighted by Gasteiger charge is -2.17. The Hall–Kier alpha value is -1.58. The van der Waals surface area contributed by atoms with Gasteiger partial charge < -0.3 is 15.0 Å². The van der Waals surface area contributed by atoms with Gasteiger partial charge in [0.15, 0.2) is 0 Å². The van der Waals surface area contributed by atoms with Gasteiger partial charge in [-0.25, -0.2) is 0 Å². The van der Waals surface area contributed by atoms with Crippen molar-refractivity contribution in [3.05, 3.63) is 42.0 Å². The van der Waals surface area contributed by atoms with Gasteiger partial charge in [0.1, 0.15) is 5.75 Å². The average molecular weight is 284 g/mol. The number of methoxy groups -OCH3 is 1. The van der Waals surface area contributed by atoms with Crippen LogP contribution in [0.2, 0.25) is 0 Å². The van der Waals surface area contributed by atoms with Gasteiger partial charge in [0.2, 0.25) is 0 Å². The minimum absolute atomic E-state index is 0.832. The zero-order valence-corrected chi connectivity index (χ0v) is 12.9. The summed E-state index contributed by atoms with van der Waals surface area (Å²) in [7, 11) is 3.96. The van der Waals surface area contributed by atoms with Crippen molar-refractivity contribution in [2.24, 2.45) is 0 Å². The molecule has 1 aliphatic carbocycles. The number of ether oxygens (including phenoxy) is 1. The Morgan fingerprint density at radius 3 is 2.76 bits per heavy atom. The van der Waals surface area contributed by atoms with Gasteiger partial charge in [0.25, 0.3) is 0 Å². The number of hydrogen-bond donors (Lipinski definition) is 1. The lowest BCUT2D eigenvalue weighted by Crippen LogP contribution is -2.30. The van der Waals surface area contributed by atoms with Crippen LogP contribution in [0.4, 0.5) is 0 Å². The van der Waals surface area contributed by atoms with Crippen LogP contribution < -0.4 is 10.1 Å². The van der Waals surface area contributed by atoms with E-state index in [-0.39, 0.29) is 0 Å². The summed E-state index contributed by atoms with van der Waals surface area (Å²) in [6, 6.07) is 13.5. The average Bonchev–Trinajstić information content (AvgIpc) is 3.36. The highest BCUT2D eigenvalue weighted by Crippen LogP contribution is 2.28. The predicted molar refractivity (Wildman–Crippen MR) is 87.9 cm³/mol. The van der Waals surface area contributed by atoms with Crippen molar-refractivity contribution in [3.8, 4) is 5.75 Å². The minimum atomic E-state index is 0.832. The van der Waals surface area contributed by atoms with Crippen LogP contribution >= 0.6 is 0 Å². The van der Waals surface area contributed by atoms with Crippen molar-refractivity contribution in [3.63, 3.8) is 0 Å². The molecule has 0 spiro atoms. The van der Waals surface area contributed by atoms with Gasteiger partial charge in [-0.05, 0) is 36.7 Å². The largest absolute Gasteiger partial charge is 0.496 e. The van der Waals surface area contributed by atoms with Crippen LogP contribution in [0.5, 0.6) is 5.75 Å². The van der Waals surface area contributed by atoms with E-state index in [1.165, 1.54) is 29.2 Å². The molecule has 21 heavy (non-hydrogen) atoms. The van der Waals surface area contributed by atoms with Crippen molar-refractivity contribution in [2.75, 3.05) is 27.2 Å². The molecule has 1 saturated carbocycles. The third kappa shape index (κ3) is 3.36. The quantitative estimate of drug-likeness (QED) is 0.791. The lowest BCUT2D eigenvalue weighted by atomic mass is 10.0. The normalized spacial score (nSPS) is 14.8. The zero-order valence-electron chi connectivity index (χ0n) is 12.9. The third-order valence-corrected chi connectivity index (χ3v) is 4.33. The smallest absolute Gasteiger partial charge is 0.123 e. The highest BCUT2D eigenvalue weighted by Gasteiger charge is 2.25. The molecular weight excluding hydrogens is 260 g/mol. The first-order valence-corrected chi connectivity index (χ1v) is 7.75. The van der Waals surface area contributed by atoms with Crippen LogP contribution in [0.25, 0.3) is 10.8 Å². The molecule has 0 aliphatic heterocycles. The molecule has 0 radical (unpaired) electrons. The molecule has 1 aliphatic rings. The van der Waals surface area contributed by atoms with Gasteiger partial charge in [-0.3, -0.25) is 0 Å². The highest BCUT2D eigenvalue weighted by atomic mass is 16.5. The molecule has 0 aromatic heterocycles. The summed E-state index contributed by atoms with van der Waals surface area (Å²) in [5.41, 5.74) is 1.25. The maximum Gasteiger partial charge on any atom is 0.123 e. The van der Waals surface area contributed by atoms with Gasteiger partial charge in [-0.15, -0.1) is 0 Å². The molecule has 0 heterocycles. The second kappa shape index (κ2) is 6.46. The summed E-state index contributed by atoms with van der Waals surface area (Å²) >= 11 is 0. The van der Waals surface area contributed by atoms with Gasteiger partial charge in [-0.1, -0.05) is 30.3 Å². The summed E-state index contributed by atoms with van der Waals surface area (Å²) < 4.78 is 5.53. The molecule has 3 heteroatoms. The van der Waals surface area contributed by atoms with Crippen LogP contribution in [0.1, 0.15) is 18.4 Å². The van der Waals surface area contributed by atoms with Gasteiger partial charge in [0.05, 0.1) is 7.11 Å². The number of fused-ring (bicyclic) bond motifs is 1. The fourth-order valence-electron chi connectivity index (χ4n) is 2.86. The van der Waals surface area contributed by atoms with E-state index in [1.54, 1.807) is 7.11 Å². The molecule has 0 atom stereocenters. The molecule has 0 amide bonds. The predicted octanol–water partition coefficient (Wildman–Crippen LogP) is 3.03. The van der Waals surface area contributed by atoms with Crippen LogP contribution in [0, 0.1) is 0 Å². The number of likely N-dealkylation sites (N-methyl/N-ethyl adjacent to an activating group) is 1. The third-order valence-electron chi connectivity index (χ3n) is 4.33. The Morgan fingerprint density at radius 1 is 1.19 bits per heavy atom. The van der Waals surface area contributed by atoms with Crippen LogP contribution in [-0.4, -0.2) is 38.2 Å². The SMILES string of the molecule is COc1ccc2ccccc2c1CNCCN(C)C1CC1. The summed E-state index contributed by atoms with van der Waals surface area (Å²) in [5, 5.41) is 6.11. The van der Waals surface area contributed by atoms with Crippen molar-refractivity contribution in [2.45, 2.75) is 25.4 Å². The standard InChI is InChI=1S/C18H24N2O/c1-20(15-8-9-15)12-11-19-13-17-16-6-4-3-5-14(16)7-10-18(17)21-2/h3-7,10,15,19H,8-9,11-13H2,1-2H3. The van der Waals surface area contributed by atoms with E-state index >= 15 is 0 Å². The zero-order chi connectivity index (χ0) is 14.7. The van der Waals surface area contributed by atoms with Crippen molar-refractivity contribution in [1.82, 2.24) is 10.2 Å². The first-order chi connectivity index (χ1) is 10.3. The Bertz CT molecular complexity index is 607. The number of nitrogens with one attached hydrogen (secondary N) is 1. The van der Waals surface area contributed by atoms with E-state index in [0.717, 1.165) is 31.4 Å². The van der Waals surface area contributed by atoms with Crippen molar-refractivity contribution in [1.29, 1.82) is 0 Å². The molecule has 2 aromatic carbocycles. The van der Waals surface area contributed by atoms with Crippen LogP contribution in [0.15, 0.2) is 36.4 Å². The van der Waals surface area contributed by atoms with Crippen LogP contribution in [0.3, 0.4) is 0 Å². The van der Waals surface area contributed by atoms with Crippen molar-refractivity contribution < 1.29 is 4.74 Å². The van der Waals surface area contributed by atoms with Gasteiger partial charge in [0, 0.05) is 31.2 Å². The molecular formula is C18H24N2O. The molecule has 0 bridgehead atoms. The van der Waals surface area contributed by atoms with Crippen LogP contribution in [-0.2, 0) is 6.54 Å².